The van der Waals surface area contributed by atoms with Gasteiger partial charge in [0.2, 0.25) is 0 Å². The first-order valence-corrected chi connectivity index (χ1v) is 5.91. The van der Waals surface area contributed by atoms with E-state index in [0.717, 1.165) is 12.8 Å². The Labute approximate surface area is 85.1 Å². The summed E-state index contributed by atoms with van der Waals surface area (Å²) in [5, 5.41) is 9.05. The third-order valence-electron chi connectivity index (χ3n) is 2.21. The molecule has 0 saturated heterocycles. The molecule has 0 aliphatic carbocycles. The monoisotopic (exact) mass is 204 g/mol. The number of carbonyl (C=O) groups excluding carboxylic acids is 1. The summed E-state index contributed by atoms with van der Waals surface area (Å²) in [6.45, 7) is 6.26. The van der Waals surface area contributed by atoms with E-state index >= 15 is 0 Å². The first-order chi connectivity index (χ1) is 6.11. The van der Waals surface area contributed by atoms with Gasteiger partial charge in [0, 0.05) is 17.8 Å². The minimum Gasteiger partial charge on any atom is -0.396 e. The molecule has 0 amide bonds. The Bertz CT molecular complexity index is 148. The van der Waals surface area contributed by atoms with E-state index in [1.807, 2.05) is 20.8 Å². The van der Waals surface area contributed by atoms with Crippen LogP contribution in [0.5, 0.6) is 0 Å². The van der Waals surface area contributed by atoms with E-state index in [4.69, 9.17) is 5.11 Å². The zero-order valence-electron chi connectivity index (χ0n) is 8.75. The summed E-state index contributed by atoms with van der Waals surface area (Å²) in [4.78, 5) is 11.4. The summed E-state index contributed by atoms with van der Waals surface area (Å²) < 4.78 is 0. The Kier molecular flexibility index (Phi) is 7.38. The third kappa shape index (κ3) is 6.11. The normalized spacial score (nSPS) is 15.4. The van der Waals surface area contributed by atoms with Gasteiger partial charge in [0.15, 0.2) is 0 Å². The van der Waals surface area contributed by atoms with E-state index in [-0.39, 0.29) is 12.5 Å². The SMILES string of the molecule is CCC(C)C(=O)CSC(C)CCO. The maximum atomic E-state index is 11.4. The fourth-order valence-corrected chi connectivity index (χ4v) is 1.86. The second-order valence-electron chi connectivity index (χ2n) is 3.41. The van der Waals surface area contributed by atoms with Crippen LogP contribution in [0.25, 0.3) is 0 Å². The number of hydrogen-bond donors (Lipinski definition) is 1. The van der Waals surface area contributed by atoms with Crippen LogP contribution in [0.15, 0.2) is 0 Å². The molecule has 0 spiro atoms. The number of thioether (sulfide) groups is 1. The number of carbonyl (C=O) groups is 1. The standard InChI is InChI=1S/C10H20O2S/c1-4-8(2)10(12)7-13-9(3)5-6-11/h8-9,11H,4-7H2,1-3H3. The lowest BCUT2D eigenvalue weighted by molar-refractivity contribution is -0.119. The van der Waals surface area contributed by atoms with Crippen molar-refractivity contribution in [2.45, 2.75) is 38.9 Å². The highest BCUT2D eigenvalue weighted by Gasteiger charge is 2.12. The molecular formula is C10H20O2S. The zero-order valence-corrected chi connectivity index (χ0v) is 9.56. The summed E-state index contributed by atoms with van der Waals surface area (Å²) >= 11 is 1.64. The average Bonchev–Trinajstić information content (AvgIpc) is 2.13. The molecule has 3 heteroatoms. The summed E-state index contributed by atoms with van der Waals surface area (Å²) in [5.74, 6) is 1.11. The Morgan fingerprint density at radius 2 is 2.08 bits per heavy atom. The molecule has 13 heavy (non-hydrogen) atoms. The average molecular weight is 204 g/mol. The first kappa shape index (κ1) is 13.0. The highest BCUT2D eigenvalue weighted by molar-refractivity contribution is 8.00. The maximum Gasteiger partial charge on any atom is 0.145 e. The number of ketones is 1. The summed E-state index contributed by atoms with van der Waals surface area (Å²) in [7, 11) is 0. The molecule has 0 rings (SSSR count). The molecule has 0 radical (unpaired) electrons. The van der Waals surface area contributed by atoms with Crippen molar-refractivity contribution >= 4 is 17.5 Å². The predicted octanol–water partition coefficient (Wildman–Crippen LogP) is 2.11. The van der Waals surface area contributed by atoms with Crippen LogP contribution in [0.1, 0.15) is 33.6 Å². The fourth-order valence-electron chi connectivity index (χ4n) is 0.859. The molecular weight excluding hydrogens is 184 g/mol. The van der Waals surface area contributed by atoms with E-state index in [0.29, 0.717) is 16.8 Å². The van der Waals surface area contributed by atoms with Gasteiger partial charge in [-0.25, -0.2) is 0 Å². The van der Waals surface area contributed by atoms with Crippen LogP contribution in [0.3, 0.4) is 0 Å². The quantitative estimate of drug-likeness (QED) is 0.690. The number of aliphatic hydroxyl groups excluding tert-OH is 1. The Balaban J connectivity index is 3.57. The fraction of sp³-hybridized carbons (Fsp3) is 0.900. The number of Topliss-reactive ketones (excluding diaryl/α,β-unsaturated/α-hetero) is 1. The second-order valence-corrected chi connectivity index (χ2v) is 4.84. The van der Waals surface area contributed by atoms with Crippen LogP contribution in [-0.2, 0) is 4.79 Å². The van der Waals surface area contributed by atoms with Crippen molar-refractivity contribution in [1.82, 2.24) is 0 Å². The van der Waals surface area contributed by atoms with Crippen molar-refractivity contribution in [3.8, 4) is 0 Å². The topological polar surface area (TPSA) is 37.3 Å². The second kappa shape index (κ2) is 7.39. The summed E-state index contributed by atoms with van der Waals surface area (Å²) in [6.07, 6.45) is 1.70. The summed E-state index contributed by atoms with van der Waals surface area (Å²) in [5.41, 5.74) is 0. The van der Waals surface area contributed by atoms with Gasteiger partial charge < -0.3 is 5.11 Å². The highest BCUT2D eigenvalue weighted by atomic mass is 32.2. The molecule has 0 fully saturated rings. The molecule has 0 aliphatic rings. The molecule has 0 aromatic rings. The van der Waals surface area contributed by atoms with Gasteiger partial charge in [0.1, 0.15) is 5.78 Å². The Morgan fingerprint density at radius 3 is 2.54 bits per heavy atom. The lowest BCUT2D eigenvalue weighted by atomic mass is 10.1. The van der Waals surface area contributed by atoms with E-state index in [1.165, 1.54) is 0 Å². The molecule has 2 unspecified atom stereocenters. The molecule has 0 bridgehead atoms. The minimum atomic E-state index is 0.189. The van der Waals surface area contributed by atoms with E-state index < -0.39 is 0 Å². The van der Waals surface area contributed by atoms with Crippen molar-refractivity contribution in [1.29, 1.82) is 0 Å². The molecule has 78 valence electrons. The van der Waals surface area contributed by atoms with E-state index in [1.54, 1.807) is 11.8 Å². The summed E-state index contributed by atoms with van der Waals surface area (Å²) in [6, 6.07) is 0. The Hall–Kier alpha value is -0.0200. The van der Waals surface area contributed by atoms with Gasteiger partial charge in [0.05, 0.1) is 5.75 Å². The predicted molar refractivity (Wildman–Crippen MR) is 58.1 cm³/mol. The first-order valence-electron chi connectivity index (χ1n) is 4.87. The largest absolute Gasteiger partial charge is 0.396 e. The Morgan fingerprint density at radius 1 is 1.46 bits per heavy atom. The van der Waals surface area contributed by atoms with Gasteiger partial charge in [-0.1, -0.05) is 20.8 Å². The van der Waals surface area contributed by atoms with Crippen LogP contribution in [-0.4, -0.2) is 28.5 Å². The lowest BCUT2D eigenvalue weighted by Gasteiger charge is -2.11. The third-order valence-corrected chi connectivity index (χ3v) is 3.46. The van der Waals surface area contributed by atoms with Crippen LogP contribution in [0, 0.1) is 5.92 Å². The van der Waals surface area contributed by atoms with E-state index in [2.05, 4.69) is 0 Å². The van der Waals surface area contributed by atoms with Gasteiger partial charge in [-0.3, -0.25) is 4.79 Å². The van der Waals surface area contributed by atoms with Crippen LogP contribution in [0.4, 0.5) is 0 Å². The zero-order chi connectivity index (χ0) is 10.3. The highest BCUT2D eigenvalue weighted by Crippen LogP contribution is 2.16. The maximum absolute atomic E-state index is 11.4. The lowest BCUT2D eigenvalue weighted by Crippen LogP contribution is -2.14. The minimum absolute atomic E-state index is 0.189. The van der Waals surface area contributed by atoms with Crippen LogP contribution in [0.2, 0.25) is 0 Å². The van der Waals surface area contributed by atoms with Crippen molar-refractivity contribution in [3.63, 3.8) is 0 Å². The van der Waals surface area contributed by atoms with Gasteiger partial charge >= 0.3 is 0 Å². The molecule has 0 saturated carbocycles. The van der Waals surface area contributed by atoms with Gasteiger partial charge in [-0.2, -0.15) is 11.8 Å². The van der Waals surface area contributed by atoms with Crippen LogP contribution >= 0.6 is 11.8 Å². The molecule has 0 heterocycles. The smallest absolute Gasteiger partial charge is 0.145 e. The van der Waals surface area contributed by atoms with Gasteiger partial charge in [-0.15, -0.1) is 0 Å². The van der Waals surface area contributed by atoms with Crippen molar-refractivity contribution in [3.05, 3.63) is 0 Å². The molecule has 0 aromatic carbocycles. The van der Waals surface area contributed by atoms with Crippen molar-refractivity contribution in [2.24, 2.45) is 5.92 Å². The molecule has 1 N–H and O–H groups in total. The number of rotatable bonds is 7. The van der Waals surface area contributed by atoms with Crippen molar-refractivity contribution < 1.29 is 9.90 Å². The molecule has 2 atom stereocenters. The van der Waals surface area contributed by atoms with Gasteiger partial charge in [0.25, 0.3) is 0 Å². The van der Waals surface area contributed by atoms with Gasteiger partial charge in [-0.05, 0) is 12.8 Å². The number of aliphatic hydroxyl groups is 1. The molecule has 2 nitrogen and oxygen atoms in total. The molecule has 0 aliphatic heterocycles. The van der Waals surface area contributed by atoms with E-state index in [9.17, 15) is 4.79 Å². The molecule has 0 aromatic heterocycles. The van der Waals surface area contributed by atoms with Crippen molar-refractivity contribution in [2.75, 3.05) is 12.4 Å². The number of hydrogen-bond acceptors (Lipinski definition) is 3. The van der Waals surface area contributed by atoms with Crippen LogP contribution < -0.4 is 0 Å².